The number of hydrogen-bond donors (Lipinski definition) is 1. The van der Waals surface area contributed by atoms with Gasteiger partial charge in [-0.1, -0.05) is 5.11 Å². The zero-order valence-corrected chi connectivity index (χ0v) is 8.75. The summed E-state index contributed by atoms with van der Waals surface area (Å²) in [7, 11) is 0. The number of carbonyl (C=O) groups excluding carboxylic acids is 1. The van der Waals surface area contributed by atoms with Crippen molar-refractivity contribution in [3.05, 3.63) is 10.4 Å². The van der Waals surface area contributed by atoms with Gasteiger partial charge in [-0.2, -0.15) is 0 Å². The molecule has 0 amide bonds. The van der Waals surface area contributed by atoms with Gasteiger partial charge in [0.25, 0.3) is 0 Å². The van der Waals surface area contributed by atoms with Gasteiger partial charge in [-0.25, -0.2) is 4.39 Å². The number of rotatable bonds is 3. The number of halogens is 1. The summed E-state index contributed by atoms with van der Waals surface area (Å²) in [6.07, 6.45) is -3.42. The van der Waals surface area contributed by atoms with Gasteiger partial charge in [-0.15, -0.1) is 0 Å². The number of ether oxygens (including phenoxy) is 2. The van der Waals surface area contributed by atoms with E-state index < -0.39 is 30.4 Å². The highest BCUT2D eigenvalue weighted by atomic mass is 19.1. The van der Waals surface area contributed by atoms with E-state index in [1.807, 2.05) is 0 Å². The van der Waals surface area contributed by atoms with E-state index in [9.17, 15) is 9.18 Å². The van der Waals surface area contributed by atoms with E-state index in [-0.39, 0.29) is 13.2 Å². The van der Waals surface area contributed by atoms with Crippen LogP contribution in [0.4, 0.5) is 4.39 Å². The standard InChI is InChI=1S/C8H13FN4O3/c1-4(14)16-8-6(2-12-13-11)15-3-5(10)7(8)9/h5-8H,2-3,10H2,1H3/t5-,6+,7+,8-/m0/s1. The molecule has 7 nitrogen and oxygen atoms in total. The number of azide groups is 1. The van der Waals surface area contributed by atoms with Crippen molar-refractivity contribution in [3.63, 3.8) is 0 Å². The minimum Gasteiger partial charge on any atom is -0.457 e. The monoisotopic (exact) mass is 232 g/mol. The third-order valence-electron chi connectivity index (χ3n) is 2.22. The first-order valence-corrected chi connectivity index (χ1v) is 4.75. The summed E-state index contributed by atoms with van der Waals surface area (Å²) >= 11 is 0. The summed E-state index contributed by atoms with van der Waals surface area (Å²) in [4.78, 5) is 13.3. The minimum atomic E-state index is -1.52. The van der Waals surface area contributed by atoms with Gasteiger partial charge in [-0.05, 0) is 5.53 Å². The Morgan fingerprint density at radius 2 is 2.50 bits per heavy atom. The van der Waals surface area contributed by atoms with Crippen molar-refractivity contribution in [2.24, 2.45) is 10.8 Å². The van der Waals surface area contributed by atoms with E-state index in [4.69, 9.17) is 20.7 Å². The lowest BCUT2D eigenvalue weighted by Gasteiger charge is -2.36. The van der Waals surface area contributed by atoms with E-state index in [2.05, 4.69) is 10.0 Å². The Morgan fingerprint density at radius 1 is 1.81 bits per heavy atom. The summed E-state index contributed by atoms with van der Waals surface area (Å²) in [6, 6.07) is -0.841. The lowest BCUT2D eigenvalue weighted by molar-refractivity contribution is -0.172. The molecule has 4 atom stereocenters. The third kappa shape index (κ3) is 3.06. The van der Waals surface area contributed by atoms with Gasteiger partial charge in [0.15, 0.2) is 12.3 Å². The second-order valence-electron chi connectivity index (χ2n) is 3.47. The fourth-order valence-corrected chi connectivity index (χ4v) is 1.48. The van der Waals surface area contributed by atoms with Crippen molar-refractivity contribution in [2.45, 2.75) is 31.3 Å². The normalized spacial score (nSPS) is 33.9. The second-order valence-corrected chi connectivity index (χ2v) is 3.47. The molecule has 1 aliphatic rings. The van der Waals surface area contributed by atoms with E-state index >= 15 is 0 Å². The predicted molar refractivity (Wildman–Crippen MR) is 52.2 cm³/mol. The average Bonchev–Trinajstić information content (AvgIpc) is 2.23. The fraction of sp³-hybridized carbons (Fsp3) is 0.875. The molecule has 0 bridgehead atoms. The molecule has 1 fully saturated rings. The van der Waals surface area contributed by atoms with Crippen molar-refractivity contribution >= 4 is 5.97 Å². The van der Waals surface area contributed by atoms with E-state index in [0.29, 0.717) is 0 Å². The highest BCUT2D eigenvalue weighted by Gasteiger charge is 2.41. The van der Waals surface area contributed by atoms with Gasteiger partial charge in [0.2, 0.25) is 0 Å². The van der Waals surface area contributed by atoms with Crippen molar-refractivity contribution in [1.82, 2.24) is 0 Å². The minimum absolute atomic E-state index is 0.00451. The Bertz CT molecular complexity index is 308. The molecule has 1 heterocycles. The van der Waals surface area contributed by atoms with Crippen LogP contribution in [0.2, 0.25) is 0 Å². The molecule has 90 valence electrons. The number of esters is 1. The molecule has 1 saturated heterocycles. The van der Waals surface area contributed by atoms with Gasteiger partial charge < -0.3 is 15.2 Å². The molecule has 8 heteroatoms. The highest BCUT2D eigenvalue weighted by Crippen LogP contribution is 2.21. The average molecular weight is 232 g/mol. The van der Waals surface area contributed by atoms with Crippen LogP contribution in [-0.4, -0.2) is 43.5 Å². The van der Waals surface area contributed by atoms with E-state index in [1.54, 1.807) is 0 Å². The van der Waals surface area contributed by atoms with Crippen LogP contribution in [-0.2, 0) is 14.3 Å². The topological polar surface area (TPSA) is 110 Å². The van der Waals surface area contributed by atoms with Crippen molar-refractivity contribution in [1.29, 1.82) is 0 Å². The van der Waals surface area contributed by atoms with Crippen LogP contribution < -0.4 is 5.73 Å². The first-order chi connectivity index (χ1) is 7.56. The van der Waals surface area contributed by atoms with Gasteiger partial charge in [0.05, 0.1) is 19.2 Å². The Balaban J connectivity index is 2.72. The van der Waals surface area contributed by atoms with E-state index in [0.717, 1.165) is 6.92 Å². The number of alkyl halides is 1. The van der Waals surface area contributed by atoms with Gasteiger partial charge >= 0.3 is 5.97 Å². The van der Waals surface area contributed by atoms with Crippen LogP contribution in [0.25, 0.3) is 10.4 Å². The van der Waals surface area contributed by atoms with Crippen LogP contribution in [0, 0.1) is 0 Å². The van der Waals surface area contributed by atoms with Crippen molar-refractivity contribution in [2.75, 3.05) is 13.2 Å². The molecular weight excluding hydrogens is 219 g/mol. The van der Waals surface area contributed by atoms with E-state index in [1.165, 1.54) is 0 Å². The zero-order valence-electron chi connectivity index (χ0n) is 8.75. The fourth-order valence-electron chi connectivity index (χ4n) is 1.48. The zero-order chi connectivity index (χ0) is 12.1. The molecule has 0 aromatic carbocycles. The van der Waals surface area contributed by atoms with Gasteiger partial charge in [0, 0.05) is 11.8 Å². The molecule has 0 radical (unpaired) electrons. The molecule has 1 aliphatic heterocycles. The summed E-state index contributed by atoms with van der Waals surface area (Å²) in [6.45, 7) is 1.07. The lowest BCUT2D eigenvalue weighted by Crippen LogP contribution is -2.56. The Morgan fingerprint density at radius 3 is 3.06 bits per heavy atom. The molecule has 0 spiro atoms. The third-order valence-corrected chi connectivity index (χ3v) is 2.22. The molecular formula is C8H13FN4O3. The summed E-state index contributed by atoms with van der Waals surface area (Å²) in [5.74, 6) is -0.628. The molecule has 0 unspecified atom stereocenters. The molecule has 2 N–H and O–H groups in total. The summed E-state index contributed by atoms with van der Waals surface area (Å²) in [5.41, 5.74) is 13.6. The van der Waals surface area contributed by atoms with Crippen LogP contribution >= 0.6 is 0 Å². The molecule has 0 aliphatic carbocycles. The van der Waals surface area contributed by atoms with Gasteiger partial charge in [0.1, 0.15) is 6.10 Å². The predicted octanol–water partition coefficient (Wildman–Crippen LogP) is 0.293. The SMILES string of the molecule is CC(=O)O[C@@H]1[C@H](F)[C@@H](N)CO[C@@H]1CN=[N+]=[N-]. The van der Waals surface area contributed by atoms with Crippen LogP contribution in [0.1, 0.15) is 6.92 Å². The first-order valence-electron chi connectivity index (χ1n) is 4.75. The number of carbonyl (C=O) groups is 1. The first kappa shape index (κ1) is 12.7. The molecule has 0 aromatic heterocycles. The summed E-state index contributed by atoms with van der Waals surface area (Å²) in [5, 5.41) is 3.27. The van der Waals surface area contributed by atoms with Gasteiger partial charge in [-0.3, -0.25) is 4.79 Å². The van der Waals surface area contributed by atoms with Crippen molar-refractivity contribution in [3.8, 4) is 0 Å². The summed E-state index contributed by atoms with van der Waals surface area (Å²) < 4.78 is 23.6. The molecule has 1 rings (SSSR count). The van der Waals surface area contributed by atoms with Crippen LogP contribution in [0.3, 0.4) is 0 Å². The second kappa shape index (κ2) is 5.64. The highest BCUT2D eigenvalue weighted by molar-refractivity contribution is 5.66. The number of hydrogen-bond acceptors (Lipinski definition) is 5. The molecule has 0 saturated carbocycles. The lowest BCUT2D eigenvalue weighted by atomic mass is 10.00. The maximum atomic E-state index is 13.7. The number of nitrogens with two attached hydrogens (primary N) is 1. The molecule has 0 aromatic rings. The Labute approximate surface area is 91.3 Å². The van der Waals surface area contributed by atoms with Crippen LogP contribution in [0.5, 0.6) is 0 Å². The number of nitrogens with zero attached hydrogens (tertiary/aromatic N) is 3. The van der Waals surface area contributed by atoms with Crippen molar-refractivity contribution < 1.29 is 18.7 Å². The van der Waals surface area contributed by atoms with Crippen LogP contribution in [0.15, 0.2) is 5.11 Å². The largest absolute Gasteiger partial charge is 0.457 e. The Kier molecular flexibility index (Phi) is 4.48. The quantitative estimate of drug-likeness (QED) is 0.326. The Hall–Kier alpha value is -1.37. The molecule has 16 heavy (non-hydrogen) atoms. The smallest absolute Gasteiger partial charge is 0.303 e. The maximum absolute atomic E-state index is 13.7. The maximum Gasteiger partial charge on any atom is 0.303 e.